The molecular formula is C15H23ClN2O. The molecule has 106 valence electrons. The van der Waals surface area contributed by atoms with Crippen LogP contribution < -0.4 is 10.5 Å². The van der Waals surface area contributed by atoms with Gasteiger partial charge < -0.3 is 10.5 Å². The quantitative estimate of drug-likeness (QED) is 0.923. The molecule has 1 fully saturated rings. The number of likely N-dealkylation sites (tertiary alicyclic amines) is 1. The Hall–Kier alpha value is -0.770. The second kappa shape index (κ2) is 6.12. The van der Waals surface area contributed by atoms with Crippen molar-refractivity contribution in [3.05, 3.63) is 29.3 Å². The van der Waals surface area contributed by atoms with E-state index in [4.69, 9.17) is 22.1 Å². The van der Waals surface area contributed by atoms with Crippen LogP contribution in [-0.4, -0.2) is 37.2 Å². The van der Waals surface area contributed by atoms with E-state index in [2.05, 4.69) is 18.7 Å². The second-order valence-electron chi connectivity index (χ2n) is 5.94. The molecule has 1 aromatic carbocycles. The van der Waals surface area contributed by atoms with Crippen LogP contribution in [0.4, 0.5) is 0 Å². The Balaban J connectivity index is 1.79. The average molecular weight is 283 g/mol. The number of para-hydroxylation sites is 1. The predicted molar refractivity (Wildman–Crippen MR) is 79.8 cm³/mol. The summed E-state index contributed by atoms with van der Waals surface area (Å²) in [5, 5.41) is 0.670. The van der Waals surface area contributed by atoms with Crippen molar-refractivity contribution in [1.29, 1.82) is 0 Å². The minimum absolute atomic E-state index is 0.183. The lowest BCUT2D eigenvalue weighted by atomic mass is 9.80. The summed E-state index contributed by atoms with van der Waals surface area (Å²) in [5.41, 5.74) is 6.32. The molecule has 2 N–H and O–H groups in total. The van der Waals surface area contributed by atoms with Gasteiger partial charge in [0.25, 0.3) is 0 Å². The maximum Gasteiger partial charge on any atom is 0.137 e. The van der Waals surface area contributed by atoms with Crippen LogP contribution >= 0.6 is 11.6 Å². The maximum absolute atomic E-state index is 6.14. The lowest BCUT2D eigenvalue weighted by Gasteiger charge is -2.42. The molecule has 0 amide bonds. The number of hydrogen-bond acceptors (Lipinski definition) is 3. The summed E-state index contributed by atoms with van der Waals surface area (Å²) in [6.07, 6.45) is 1.05. The van der Waals surface area contributed by atoms with Crippen LogP contribution in [0.1, 0.15) is 20.3 Å². The highest BCUT2D eigenvalue weighted by molar-refractivity contribution is 6.32. The first-order chi connectivity index (χ1) is 8.99. The Kier molecular flexibility index (Phi) is 4.71. The molecule has 19 heavy (non-hydrogen) atoms. The van der Waals surface area contributed by atoms with Crippen LogP contribution in [0.5, 0.6) is 5.75 Å². The van der Waals surface area contributed by atoms with Gasteiger partial charge in [0.1, 0.15) is 12.4 Å². The highest BCUT2D eigenvalue weighted by Gasteiger charge is 2.33. The fourth-order valence-corrected chi connectivity index (χ4v) is 2.71. The van der Waals surface area contributed by atoms with Gasteiger partial charge in [-0.1, -0.05) is 37.6 Å². The number of hydrogen-bond donors (Lipinski definition) is 1. The van der Waals surface area contributed by atoms with E-state index in [-0.39, 0.29) is 5.41 Å². The Morgan fingerprint density at radius 3 is 2.84 bits per heavy atom. The van der Waals surface area contributed by atoms with Crippen LogP contribution in [0, 0.1) is 5.41 Å². The molecule has 1 aliphatic rings. The fraction of sp³-hybridized carbons (Fsp3) is 0.600. The highest BCUT2D eigenvalue weighted by Crippen LogP contribution is 2.27. The predicted octanol–water partition coefficient (Wildman–Crippen LogP) is 2.78. The third-order valence-electron chi connectivity index (χ3n) is 3.89. The van der Waals surface area contributed by atoms with Gasteiger partial charge in [-0.2, -0.15) is 0 Å². The second-order valence-corrected chi connectivity index (χ2v) is 6.35. The Bertz CT molecular complexity index is 422. The molecule has 1 atom stereocenters. The number of rotatable bonds is 4. The largest absolute Gasteiger partial charge is 0.491 e. The SMILES string of the molecule is CC1(C)CN(CCOc2ccccc2Cl)CCC1N. The molecule has 0 bridgehead atoms. The van der Waals surface area contributed by atoms with Crippen molar-refractivity contribution < 1.29 is 4.74 Å². The van der Waals surface area contributed by atoms with Crippen LogP contribution in [0.2, 0.25) is 5.02 Å². The average Bonchev–Trinajstić information content (AvgIpc) is 2.36. The highest BCUT2D eigenvalue weighted by atomic mass is 35.5. The zero-order chi connectivity index (χ0) is 13.9. The van der Waals surface area contributed by atoms with E-state index in [1.54, 1.807) is 0 Å². The third kappa shape index (κ3) is 3.85. The molecule has 1 aliphatic heterocycles. The minimum Gasteiger partial charge on any atom is -0.491 e. The van der Waals surface area contributed by atoms with Crippen molar-refractivity contribution in [2.75, 3.05) is 26.2 Å². The van der Waals surface area contributed by atoms with Gasteiger partial charge in [-0.25, -0.2) is 0 Å². The lowest BCUT2D eigenvalue weighted by Crippen LogP contribution is -2.53. The molecule has 4 heteroatoms. The smallest absolute Gasteiger partial charge is 0.137 e. The molecule has 2 rings (SSSR count). The van der Waals surface area contributed by atoms with Crippen molar-refractivity contribution >= 4 is 11.6 Å². The van der Waals surface area contributed by atoms with Crippen molar-refractivity contribution in [2.45, 2.75) is 26.3 Å². The molecule has 1 heterocycles. The first-order valence-electron chi connectivity index (χ1n) is 6.84. The normalized spacial score (nSPS) is 23.3. The molecule has 0 aromatic heterocycles. The van der Waals surface area contributed by atoms with Crippen LogP contribution in [0.15, 0.2) is 24.3 Å². The van der Waals surface area contributed by atoms with E-state index in [1.807, 2.05) is 24.3 Å². The summed E-state index contributed by atoms with van der Waals surface area (Å²) < 4.78 is 5.73. The summed E-state index contributed by atoms with van der Waals surface area (Å²) in [6, 6.07) is 7.89. The Labute approximate surface area is 120 Å². The first-order valence-corrected chi connectivity index (χ1v) is 7.22. The molecule has 1 saturated heterocycles. The third-order valence-corrected chi connectivity index (χ3v) is 4.21. The van der Waals surface area contributed by atoms with Crippen molar-refractivity contribution in [1.82, 2.24) is 4.90 Å². The summed E-state index contributed by atoms with van der Waals surface area (Å²) >= 11 is 6.06. The van der Waals surface area contributed by atoms with E-state index >= 15 is 0 Å². The molecule has 0 saturated carbocycles. The van der Waals surface area contributed by atoms with Crippen LogP contribution in [-0.2, 0) is 0 Å². The number of piperidine rings is 1. The first kappa shape index (κ1) is 14.6. The number of nitrogens with zero attached hydrogens (tertiary/aromatic N) is 1. The number of nitrogens with two attached hydrogens (primary N) is 1. The molecule has 0 radical (unpaired) electrons. The van der Waals surface area contributed by atoms with Gasteiger partial charge in [-0.15, -0.1) is 0 Å². The summed E-state index contributed by atoms with van der Waals surface area (Å²) in [5.74, 6) is 0.761. The molecule has 3 nitrogen and oxygen atoms in total. The molecule has 0 aliphatic carbocycles. The number of ether oxygens (including phenoxy) is 1. The zero-order valence-corrected chi connectivity index (χ0v) is 12.5. The molecule has 1 aromatic rings. The van der Waals surface area contributed by atoms with Crippen molar-refractivity contribution in [2.24, 2.45) is 11.1 Å². The number of halogens is 1. The van der Waals surface area contributed by atoms with E-state index in [0.29, 0.717) is 17.7 Å². The van der Waals surface area contributed by atoms with Gasteiger partial charge in [-0.05, 0) is 30.5 Å². The molecular weight excluding hydrogens is 260 g/mol. The van der Waals surface area contributed by atoms with Gasteiger partial charge in [0, 0.05) is 19.1 Å². The van der Waals surface area contributed by atoms with E-state index in [1.165, 1.54) is 0 Å². The fourth-order valence-electron chi connectivity index (χ4n) is 2.52. The lowest BCUT2D eigenvalue weighted by molar-refractivity contribution is 0.0831. The zero-order valence-electron chi connectivity index (χ0n) is 11.7. The summed E-state index contributed by atoms with van der Waals surface area (Å²) in [6.45, 7) is 8.13. The number of benzene rings is 1. The van der Waals surface area contributed by atoms with E-state index in [0.717, 1.165) is 31.8 Å². The molecule has 0 spiro atoms. The van der Waals surface area contributed by atoms with E-state index < -0.39 is 0 Å². The topological polar surface area (TPSA) is 38.5 Å². The van der Waals surface area contributed by atoms with Crippen molar-refractivity contribution in [3.8, 4) is 5.75 Å². The molecule has 1 unspecified atom stereocenters. The monoisotopic (exact) mass is 282 g/mol. The van der Waals surface area contributed by atoms with Crippen LogP contribution in [0.3, 0.4) is 0 Å². The Morgan fingerprint density at radius 2 is 2.16 bits per heavy atom. The summed E-state index contributed by atoms with van der Waals surface area (Å²) in [7, 11) is 0. The van der Waals surface area contributed by atoms with Gasteiger partial charge >= 0.3 is 0 Å². The standard InChI is InChI=1S/C15H23ClN2O/c1-15(2)11-18(8-7-14(15)17)9-10-19-13-6-4-3-5-12(13)16/h3-6,14H,7-11,17H2,1-2H3. The van der Waals surface area contributed by atoms with Gasteiger partial charge in [0.2, 0.25) is 0 Å². The van der Waals surface area contributed by atoms with Gasteiger partial charge in [-0.3, -0.25) is 4.90 Å². The Morgan fingerprint density at radius 1 is 1.42 bits per heavy atom. The van der Waals surface area contributed by atoms with Crippen molar-refractivity contribution in [3.63, 3.8) is 0 Å². The van der Waals surface area contributed by atoms with E-state index in [9.17, 15) is 0 Å². The minimum atomic E-state index is 0.183. The maximum atomic E-state index is 6.14. The van der Waals surface area contributed by atoms with Gasteiger partial charge in [0.15, 0.2) is 0 Å². The summed E-state index contributed by atoms with van der Waals surface area (Å²) in [4.78, 5) is 2.42. The van der Waals surface area contributed by atoms with Crippen LogP contribution in [0.25, 0.3) is 0 Å². The van der Waals surface area contributed by atoms with Gasteiger partial charge in [0.05, 0.1) is 5.02 Å².